The Balaban J connectivity index is 0.910. The van der Waals surface area contributed by atoms with E-state index < -0.39 is 0 Å². The van der Waals surface area contributed by atoms with Crippen LogP contribution in [0.3, 0.4) is 0 Å². The minimum atomic E-state index is -0.121. The summed E-state index contributed by atoms with van der Waals surface area (Å²) in [5, 5.41) is 0. The molecule has 3 saturated carbocycles. The Hall–Kier alpha value is -1.23. The molecule has 0 aromatic heterocycles. The van der Waals surface area contributed by atoms with Gasteiger partial charge >= 0.3 is 0 Å². The average molecular weight is 921 g/mol. The summed E-state index contributed by atoms with van der Waals surface area (Å²) in [6.45, 7) is 29.3. The molecule has 0 spiro atoms. The van der Waals surface area contributed by atoms with Crippen LogP contribution in [0.25, 0.3) is 4.85 Å². The lowest BCUT2D eigenvalue weighted by Gasteiger charge is -2.57. The fourth-order valence-corrected chi connectivity index (χ4v) is 14.2. The van der Waals surface area contributed by atoms with Crippen LogP contribution in [0.2, 0.25) is 0 Å². The van der Waals surface area contributed by atoms with Crippen molar-refractivity contribution < 1.29 is 18.9 Å². The quantitative estimate of drug-likeness (QED) is 0.0468. The second-order valence-electron chi connectivity index (χ2n) is 23.5. The van der Waals surface area contributed by atoms with E-state index in [0.717, 1.165) is 115 Å². The van der Waals surface area contributed by atoms with E-state index in [1.54, 1.807) is 5.57 Å². The summed E-state index contributed by atoms with van der Waals surface area (Å²) >= 11 is 0. The second kappa shape index (κ2) is 30.5. The van der Waals surface area contributed by atoms with Crippen LogP contribution < -0.4 is 0 Å². The molecule has 1 unspecified atom stereocenters. The van der Waals surface area contributed by atoms with E-state index in [4.69, 9.17) is 30.4 Å². The summed E-state index contributed by atoms with van der Waals surface area (Å²) in [5.41, 5.74) is 1.95. The lowest BCUT2D eigenvalue weighted by atomic mass is 9.43. The SMILES string of the molecule is C#[N+][C@]12CC[C@]3(C)[C@@H]([C@H](C)CCCC(C)C)CC[C@H]3[C@@H]1CC=C1C[C@@H](OCCCOCCCOC(COCCCCCCCC/C=C\CCCCCCCC)CN3CCCCC3)CC[C@@]12C. The first-order chi connectivity index (χ1) is 32.2. The van der Waals surface area contributed by atoms with E-state index in [1.165, 1.54) is 154 Å². The maximum atomic E-state index is 6.61. The number of allylic oxidation sites excluding steroid dienone is 3. The van der Waals surface area contributed by atoms with Crippen molar-refractivity contribution in [2.45, 2.75) is 252 Å². The Labute approximate surface area is 409 Å². The molecular formula is C60H107N2O4+. The van der Waals surface area contributed by atoms with Gasteiger partial charge < -0.3 is 23.8 Å². The molecule has 1 heterocycles. The highest BCUT2D eigenvalue weighted by Gasteiger charge is 2.72. The van der Waals surface area contributed by atoms with Crippen molar-refractivity contribution in [2.75, 3.05) is 59.3 Å². The van der Waals surface area contributed by atoms with E-state index in [9.17, 15) is 0 Å². The second-order valence-corrected chi connectivity index (χ2v) is 23.5. The highest BCUT2D eigenvalue weighted by molar-refractivity contribution is 5.36. The van der Waals surface area contributed by atoms with Crippen LogP contribution in [0, 0.1) is 47.0 Å². The predicted molar refractivity (Wildman–Crippen MR) is 281 cm³/mol. The van der Waals surface area contributed by atoms with Crippen molar-refractivity contribution in [2.24, 2.45) is 40.4 Å². The lowest BCUT2D eigenvalue weighted by Crippen LogP contribution is -2.61. The van der Waals surface area contributed by atoms with Gasteiger partial charge in [-0.1, -0.05) is 147 Å². The first-order valence-corrected chi connectivity index (χ1v) is 29.0. The molecule has 0 aromatic rings. The Bertz CT molecular complexity index is 1400. The van der Waals surface area contributed by atoms with Crippen LogP contribution >= 0.6 is 0 Å². The standard InChI is InChI=1S/C60H107N2O4/c1-8-9-10-11-12-13-14-15-16-17-18-19-20-21-22-26-42-64-49-54(48-62-40-24-23-25-41-62)66-46-29-44-63-43-28-45-65-53-36-37-59(6)52(47-53)32-33-57-56-35-34-55(51(4)31-27-30-50(2)3)58(56,5)38-39-60(57,59)61-7/h7,15-16,32,50-51,53-57H,8-14,17-31,33-49H2,1-6H3/q+1/b16-15-/t51-,53+,54?,55-,56+,57+,58-,59+,60-/m1/s1. The monoisotopic (exact) mass is 920 g/mol. The van der Waals surface area contributed by atoms with Gasteiger partial charge in [0.05, 0.1) is 24.2 Å². The number of fused-ring (bicyclic) bond motifs is 5. The summed E-state index contributed by atoms with van der Waals surface area (Å²) < 4.78 is 25.3. The molecule has 6 nitrogen and oxygen atoms in total. The Morgan fingerprint density at radius 2 is 1.39 bits per heavy atom. The molecule has 0 aromatic carbocycles. The number of hydrogen-bond donors (Lipinski definition) is 0. The Morgan fingerprint density at radius 3 is 2.11 bits per heavy atom. The van der Waals surface area contributed by atoms with Gasteiger partial charge in [-0.15, -0.1) is 0 Å². The molecule has 5 rings (SSSR count). The van der Waals surface area contributed by atoms with Gasteiger partial charge in [-0.05, 0) is 152 Å². The van der Waals surface area contributed by atoms with Crippen LogP contribution in [0.15, 0.2) is 23.8 Å². The van der Waals surface area contributed by atoms with Gasteiger partial charge in [0.1, 0.15) is 0 Å². The normalized spacial score (nSPS) is 29.9. The van der Waals surface area contributed by atoms with Gasteiger partial charge in [-0.25, -0.2) is 0 Å². The fourth-order valence-electron chi connectivity index (χ4n) is 14.2. The van der Waals surface area contributed by atoms with Crippen molar-refractivity contribution in [3.05, 3.63) is 28.6 Å². The van der Waals surface area contributed by atoms with E-state index in [2.05, 4.69) is 64.7 Å². The molecular weight excluding hydrogens is 813 g/mol. The van der Waals surface area contributed by atoms with Gasteiger partial charge in [0, 0.05) is 51.9 Å². The first kappa shape index (κ1) is 55.7. The summed E-state index contributed by atoms with van der Waals surface area (Å²) in [7, 11) is 0. The molecule has 4 aliphatic carbocycles. The Morgan fingerprint density at radius 1 is 0.712 bits per heavy atom. The molecule has 1 saturated heterocycles. The summed E-state index contributed by atoms with van der Waals surface area (Å²) in [4.78, 5) is 7.58. The third-order valence-corrected chi connectivity index (χ3v) is 18.3. The van der Waals surface area contributed by atoms with Crippen LogP contribution in [-0.4, -0.2) is 81.9 Å². The smallest absolute Gasteiger partial charge is 0.292 e. The maximum absolute atomic E-state index is 6.61. The number of ether oxygens (including phenoxy) is 4. The zero-order valence-electron chi connectivity index (χ0n) is 44.5. The summed E-state index contributed by atoms with van der Waals surface area (Å²) in [6.07, 6.45) is 46.2. The van der Waals surface area contributed by atoms with Gasteiger partial charge in [-0.2, -0.15) is 0 Å². The van der Waals surface area contributed by atoms with E-state index >= 15 is 0 Å². The predicted octanol–water partition coefficient (Wildman–Crippen LogP) is 16.2. The molecule has 5 aliphatic rings. The number of rotatable bonds is 35. The zero-order valence-corrected chi connectivity index (χ0v) is 44.5. The van der Waals surface area contributed by atoms with Crippen LogP contribution in [-0.2, 0) is 18.9 Å². The van der Waals surface area contributed by atoms with Crippen molar-refractivity contribution in [3.8, 4) is 6.57 Å². The van der Waals surface area contributed by atoms with E-state index in [1.807, 2.05) is 0 Å². The molecule has 380 valence electrons. The zero-order chi connectivity index (χ0) is 46.9. The number of nitrogens with zero attached hydrogens (tertiary/aromatic N) is 2. The van der Waals surface area contributed by atoms with Gasteiger partial charge in [0.25, 0.3) is 12.1 Å². The molecule has 0 radical (unpaired) electrons. The summed E-state index contributed by atoms with van der Waals surface area (Å²) in [5.74, 6) is 3.79. The number of piperidine rings is 1. The van der Waals surface area contributed by atoms with Crippen molar-refractivity contribution >= 4 is 0 Å². The molecule has 0 amide bonds. The summed E-state index contributed by atoms with van der Waals surface area (Å²) in [6, 6.07) is 0. The van der Waals surface area contributed by atoms with Gasteiger partial charge in [0.15, 0.2) is 0 Å². The molecule has 9 atom stereocenters. The largest absolute Gasteiger partial charge is 0.381 e. The van der Waals surface area contributed by atoms with Crippen LogP contribution in [0.1, 0.15) is 234 Å². The van der Waals surface area contributed by atoms with Gasteiger partial charge in [0.2, 0.25) is 0 Å². The number of hydrogen-bond acceptors (Lipinski definition) is 5. The van der Waals surface area contributed by atoms with Crippen molar-refractivity contribution in [1.82, 2.24) is 4.90 Å². The van der Waals surface area contributed by atoms with E-state index in [0.29, 0.717) is 24.0 Å². The Kier molecular flexibility index (Phi) is 25.7. The van der Waals surface area contributed by atoms with Gasteiger partial charge in [-0.3, -0.25) is 0 Å². The molecule has 6 heteroatoms. The first-order valence-electron chi connectivity index (χ1n) is 29.0. The highest BCUT2D eigenvalue weighted by Crippen LogP contribution is 2.70. The molecule has 0 N–H and O–H groups in total. The van der Waals surface area contributed by atoms with Crippen molar-refractivity contribution in [1.29, 1.82) is 0 Å². The lowest BCUT2D eigenvalue weighted by molar-refractivity contribution is -0.0652. The number of unbranched alkanes of at least 4 members (excludes halogenated alkanes) is 12. The van der Waals surface area contributed by atoms with Crippen LogP contribution in [0.5, 0.6) is 0 Å². The third-order valence-electron chi connectivity index (χ3n) is 18.3. The topological polar surface area (TPSA) is 44.5 Å². The number of likely N-dealkylation sites (tertiary alicyclic amines) is 1. The van der Waals surface area contributed by atoms with E-state index in [-0.39, 0.29) is 17.1 Å². The molecule has 4 fully saturated rings. The minimum Gasteiger partial charge on any atom is -0.381 e. The highest BCUT2D eigenvalue weighted by atomic mass is 16.5. The average Bonchev–Trinajstić information content (AvgIpc) is 3.67. The molecule has 1 aliphatic heterocycles. The maximum Gasteiger partial charge on any atom is 0.292 e. The fraction of sp³-hybridized carbons (Fsp3) is 0.917. The van der Waals surface area contributed by atoms with Crippen LogP contribution in [0.4, 0.5) is 0 Å². The van der Waals surface area contributed by atoms with Crippen molar-refractivity contribution in [3.63, 3.8) is 0 Å². The molecule has 0 bridgehead atoms. The minimum absolute atomic E-state index is 0.0563. The molecule has 66 heavy (non-hydrogen) atoms. The third kappa shape index (κ3) is 16.7.